The summed E-state index contributed by atoms with van der Waals surface area (Å²) in [5.74, 6) is -0.360. The van der Waals surface area contributed by atoms with E-state index in [1.54, 1.807) is 16.7 Å². The molecule has 3 atom stereocenters. The summed E-state index contributed by atoms with van der Waals surface area (Å²) in [6, 6.07) is 19.7. The Morgan fingerprint density at radius 1 is 1.06 bits per heavy atom. The Morgan fingerprint density at radius 2 is 1.68 bits per heavy atom. The molecule has 2 fully saturated rings. The summed E-state index contributed by atoms with van der Waals surface area (Å²) in [7, 11) is -1.99. The number of nitrogens with zero attached hydrogens (tertiary/aromatic N) is 1. The predicted molar refractivity (Wildman–Crippen MR) is 138 cm³/mol. The molecular weight excluding hydrogens is 462 g/mol. The minimum Gasteiger partial charge on any atom is -0.414 e. The molecule has 2 aliphatic heterocycles. The molecular formula is C27H35NO4SSi. The molecule has 7 heteroatoms. The minimum absolute atomic E-state index is 0.0764. The van der Waals surface area contributed by atoms with Gasteiger partial charge in [-0.05, 0) is 42.2 Å². The molecule has 182 valence electrons. The van der Waals surface area contributed by atoms with Gasteiger partial charge in [0.25, 0.3) is 5.91 Å². The molecule has 2 saturated heterocycles. The van der Waals surface area contributed by atoms with Crippen LogP contribution in [0.15, 0.2) is 65.6 Å². The number of Topliss-reactive ketones (excluding diaryl/α,β-unsaturated/α-hetero) is 1. The van der Waals surface area contributed by atoms with Gasteiger partial charge in [-0.15, -0.1) is 11.8 Å². The first-order valence-corrected chi connectivity index (χ1v) is 15.7. The third-order valence-corrected chi connectivity index (χ3v) is 13.2. The van der Waals surface area contributed by atoms with Crippen LogP contribution in [-0.2, 0) is 25.3 Å². The number of rotatable bonds is 7. The molecule has 2 aliphatic rings. The lowest BCUT2D eigenvalue weighted by atomic mass is 9.96. The van der Waals surface area contributed by atoms with Gasteiger partial charge in [0.1, 0.15) is 0 Å². The molecule has 2 heterocycles. The third-order valence-electron chi connectivity index (χ3n) is 7.31. The van der Waals surface area contributed by atoms with Crippen LogP contribution in [0.1, 0.15) is 32.8 Å². The van der Waals surface area contributed by atoms with Crippen LogP contribution in [0.4, 0.5) is 0 Å². The lowest BCUT2D eigenvalue weighted by molar-refractivity contribution is -0.154. The van der Waals surface area contributed by atoms with E-state index in [4.69, 9.17) is 9.16 Å². The van der Waals surface area contributed by atoms with Gasteiger partial charge in [-0.25, -0.2) is 0 Å². The van der Waals surface area contributed by atoms with Crippen LogP contribution in [0.2, 0.25) is 18.1 Å². The highest BCUT2D eigenvalue weighted by atomic mass is 32.2. The fraction of sp³-hybridized carbons (Fsp3) is 0.481. The maximum absolute atomic E-state index is 13.8. The number of carbonyl (C=O) groups is 2. The van der Waals surface area contributed by atoms with Crippen LogP contribution in [0.3, 0.4) is 0 Å². The van der Waals surface area contributed by atoms with Gasteiger partial charge in [-0.3, -0.25) is 9.59 Å². The zero-order chi connectivity index (χ0) is 24.6. The second kappa shape index (κ2) is 9.61. The van der Waals surface area contributed by atoms with Gasteiger partial charge in [-0.2, -0.15) is 0 Å². The standard InChI is InChI=1S/C27H35NO4SSi/c1-26(2,3)34(4,5)31-19-21-16-24(33-22-14-10-7-11-15-22)27(32-21)23(29)18-28(25(27)30)17-20-12-8-6-9-13-20/h6-15,21,24H,16-19H2,1-5H3/t21-,24-,27-/m1/s1. The Labute approximate surface area is 208 Å². The van der Waals surface area contributed by atoms with E-state index in [-0.39, 0.29) is 34.6 Å². The predicted octanol–water partition coefficient (Wildman–Crippen LogP) is 5.31. The number of hydrogen-bond acceptors (Lipinski definition) is 5. The summed E-state index contributed by atoms with van der Waals surface area (Å²) in [6.07, 6.45) is 0.310. The summed E-state index contributed by atoms with van der Waals surface area (Å²) in [5, 5.41) is -0.212. The highest BCUT2D eigenvalue weighted by molar-refractivity contribution is 8.00. The lowest BCUT2D eigenvalue weighted by Crippen LogP contribution is -2.50. The first kappa shape index (κ1) is 25.2. The molecule has 1 spiro atoms. The Bertz CT molecular complexity index is 1020. The molecule has 2 aromatic rings. The van der Waals surface area contributed by atoms with Crippen molar-refractivity contribution < 1.29 is 18.8 Å². The molecule has 0 bridgehead atoms. The van der Waals surface area contributed by atoms with Crippen LogP contribution in [0.25, 0.3) is 0 Å². The zero-order valence-electron chi connectivity index (χ0n) is 20.7. The number of ether oxygens (including phenoxy) is 1. The normalized spacial score (nSPS) is 25.5. The minimum atomic E-state index is -1.99. The molecule has 34 heavy (non-hydrogen) atoms. The van der Waals surface area contributed by atoms with Crippen molar-refractivity contribution in [2.75, 3.05) is 13.2 Å². The number of ketones is 1. The molecule has 0 aromatic heterocycles. The van der Waals surface area contributed by atoms with Crippen molar-refractivity contribution in [1.82, 2.24) is 4.90 Å². The summed E-state index contributed by atoms with van der Waals surface area (Å²) >= 11 is 1.57. The average Bonchev–Trinajstić information content (AvgIpc) is 3.27. The van der Waals surface area contributed by atoms with E-state index in [1.165, 1.54) is 0 Å². The first-order valence-electron chi connectivity index (χ1n) is 11.9. The van der Waals surface area contributed by atoms with E-state index in [0.29, 0.717) is 19.6 Å². The lowest BCUT2D eigenvalue weighted by Gasteiger charge is -2.37. The van der Waals surface area contributed by atoms with Crippen molar-refractivity contribution in [1.29, 1.82) is 0 Å². The molecule has 0 radical (unpaired) electrons. The quantitative estimate of drug-likeness (QED) is 0.383. The summed E-state index contributed by atoms with van der Waals surface area (Å²) in [6.45, 7) is 11.9. The molecule has 1 amide bonds. The van der Waals surface area contributed by atoms with Gasteiger partial charge in [-0.1, -0.05) is 69.3 Å². The Balaban J connectivity index is 1.58. The molecule has 0 saturated carbocycles. The average molecular weight is 498 g/mol. The molecule has 0 N–H and O–H groups in total. The first-order chi connectivity index (χ1) is 16.0. The number of amides is 1. The van der Waals surface area contributed by atoms with Gasteiger partial charge in [0.2, 0.25) is 5.60 Å². The number of benzene rings is 2. The van der Waals surface area contributed by atoms with Gasteiger partial charge in [0, 0.05) is 11.4 Å². The Kier molecular flexibility index (Phi) is 7.11. The molecule has 0 aliphatic carbocycles. The largest absolute Gasteiger partial charge is 0.414 e. The summed E-state index contributed by atoms with van der Waals surface area (Å²) in [5.41, 5.74) is -0.444. The van der Waals surface area contributed by atoms with E-state index in [0.717, 1.165) is 10.5 Å². The van der Waals surface area contributed by atoms with Crippen LogP contribution in [0, 0.1) is 0 Å². The fourth-order valence-electron chi connectivity index (χ4n) is 4.29. The van der Waals surface area contributed by atoms with Gasteiger partial charge >= 0.3 is 0 Å². The second-order valence-corrected chi connectivity index (χ2v) is 16.9. The molecule has 5 nitrogen and oxygen atoms in total. The fourth-order valence-corrected chi connectivity index (χ4v) is 6.73. The zero-order valence-corrected chi connectivity index (χ0v) is 22.6. The number of hydrogen-bond donors (Lipinski definition) is 0. The van der Waals surface area contributed by atoms with Crippen LogP contribution >= 0.6 is 11.8 Å². The number of likely N-dealkylation sites (tertiary alicyclic amines) is 1. The Hall–Kier alpha value is -1.93. The highest BCUT2D eigenvalue weighted by Gasteiger charge is 2.64. The number of carbonyl (C=O) groups excluding carboxylic acids is 2. The number of thioether (sulfide) groups is 1. The molecule has 2 aromatic carbocycles. The maximum atomic E-state index is 13.8. The van der Waals surface area contributed by atoms with E-state index < -0.39 is 13.9 Å². The van der Waals surface area contributed by atoms with E-state index in [1.807, 2.05) is 60.7 Å². The second-order valence-electron chi connectivity index (χ2n) is 10.8. The van der Waals surface area contributed by atoms with Gasteiger partial charge in [0.15, 0.2) is 14.1 Å². The SMILES string of the molecule is CC(C)(C)[Si](C)(C)OC[C@H]1C[C@@H](Sc2ccccc2)[C@]2(O1)C(=O)CN(Cc1ccccc1)C2=O. The topological polar surface area (TPSA) is 55.8 Å². The molecule has 4 rings (SSSR count). The van der Waals surface area contributed by atoms with Crippen molar-refractivity contribution in [3.63, 3.8) is 0 Å². The van der Waals surface area contributed by atoms with Crippen molar-refractivity contribution in [3.8, 4) is 0 Å². The third kappa shape index (κ3) is 4.89. The van der Waals surface area contributed by atoms with Crippen LogP contribution < -0.4 is 0 Å². The smallest absolute Gasteiger partial charge is 0.264 e. The van der Waals surface area contributed by atoms with E-state index in [9.17, 15) is 9.59 Å². The van der Waals surface area contributed by atoms with Crippen molar-refractivity contribution in [2.45, 2.75) is 73.7 Å². The van der Waals surface area contributed by atoms with Crippen molar-refractivity contribution >= 4 is 31.8 Å². The van der Waals surface area contributed by atoms with Crippen LogP contribution in [-0.4, -0.2) is 55.0 Å². The van der Waals surface area contributed by atoms with Crippen LogP contribution in [0.5, 0.6) is 0 Å². The molecule has 0 unspecified atom stereocenters. The van der Waals surface area contributed by atoms with Gasteiger partial charge < -0.3 is 14.1 Å². The summed E-state index contributed by atoms with van der Waals surface area (Å²) < 4.78 is 12.9. The highest BCUT2D eigenvalue weighted by Crippen LogP contribution is 2.47. The Morgan fingerprint density at radius 3 is 2.29 bits per heavy atom. The van der Waals surface area contributed by atoms with Crippen molar-refractivity contribution in [2.24, 2.45) is 0 Å². The monoisotopic (exact) mass is 497 g/mol. The van der Waals surface area contributed by atoms with Gasteiger partial charge in [0.05, 0.1) is 24.5 Å². The summed E-state index contributed by atoms with van der Waals surface area (Å²) in [4.78, 5) is 29.9. The van der Waals surface area contributed by atoms with E-state index >= 15 is 0 Å². The van der Waals surface area contributed by atoms with E-state index in [2.05, 4.69) is 33.9 Å². The maximum Gasteiger partial charge on any atom is 0.264 e. The van der Waals surface area contributed by atoms with Crippen molar-refractivity contribution in [3.05, 3.63) is 66.2 Å².